The van der Waals surface area contributed by atoms with E-state index in [-0.39, 0.29) is 30.8 Å². The third-order valence-electron chi connectivity index (χ3n) is 3.98. The van der Waals surface area contributed by atoms with Gasteiger partial charge in [-0.1, -0.05) is 18.2 Å². The van der Waals surface area contributed by atoms with Crippen LogP contribution in [-0.4, -0.2) is 19.0 Å². The first-order chi connectivity index (χ1) is 12.1. The van der Waals surface area contributed by atoms with Crippen LogP contribution >= 0.6 is 11.3 Å². The van der Waals surface area contributed by atoms with E-state index in [0.29, 0.717) is 0 Å². The molecule has 0 fully saturated rings. The van der Waals surface area contributed by atoms with Gasteiger partial charge in [-0.15, -0.1) is 11.3 Å². The number of fused-ring (bicyclic) bond motifs is 1. The minimum atomic E-state index is -0.389. The largest absolute Gasteiger partial charge is 0.469 e. The summed E-state index contributed by atoms with van der Waals surface area (Å²) in [4.78, 5) is 25.1. The summed E-state index contributed by atoms with van der Waals surface area (Å²) in [6.45, 7) is 1.99. The highest BCUT2D eigenvalue weighted by Crippen LogP contribution is 2.25. The van der Waals surface area contributed by atoms with Crippen LogP contribution in [0, 0.1) is 6.92 Å². The Kier molecular flexibility index (Phi) is 5.19. The van der Waals surface area contributed by atoms with E-state index < -0.39 is 0 Å². The maximum absolute atomic E-state index is 12.5. The van der Waals surface area contributed by atoms with Gasteiger partial charge in [-0.05, 0) is 30.0 Å². The van der Waals surface area contributed by atoms with Crippen molar-refractivity contribution in [2.75, 3.05) is 7.11 Å². The molecule has 2 aromatic heterocycles. The number of nitrogens with one attached hydrogen (secondary N) is 1. The molecule has 0 aliphatic rings. The highest BCUT2D eigenvalue weighted by Gasteiger charge is 2.20. The second kappa shape index (κ2) is 7.53. The normalized spacial score (nSPS) is 12.1. The molecule has 3 aromatic rings. The van der Waals surface area contributed by atoms with E-state index >= 15 is 0 Å². The minimum Gasteiger partial charge on any atom is -0.469 e. The first kappa shape index (κ1) is 17.2. The Labute approximate surface area is 149 Å². The standard InChI is InChI=1S/C19H19NO4S/c1-12-5-6-14-13(11-24-16(14)8-12)9-18(21)20-15(10-19(22)23-2)17-4-3-7-25-17/h3-8,11,15H,9-10H2,1-2H3,(H,20,21). The van der Waals surface area contributed by atoms with Crippen LogP contribution in [-0.2, 0) is 20.7 Å². The molecule has 2 heterocycles. The fraction of sp³-hybridized carbons (Fsp3) is 0.263. The predicted octanol–water partition coefficient (Wildman–Crippen LogP) is 3.77. The molecule has 5 nitrogen and oxygen atoms in total. The van der Waals surface area contributed by atoms with Crippen LogP contribution in [0.5, 0.6) is 0 Å². The van der Waals surface area contributed by atoms with Gasteiger partial charge in [-0.3, -0.25) is 9.59 Å². The third kappa shape index (κ3) is 4.09. The summed E-state index contributed by atoms with van der Waals surface area (Å²) in [7, 11) is 1.34. The van der Waals surface area contributed by atoms with Crippen molar-refractivity contribution >= 4 is 34.2 Å². The van der Waals surface area contributed by atoms with Crippen LogP contribution < -0.4 is 5.32 Å². The number of carbonyl (C=O) groups excluding carboxylic acids is 2. The molecular weight excluding hydrogens is 338 g/mol. The fourth-order valence-corrected chi connectivity index (χ4v) is 3.49. The Morgan fingerprint density at radius 1 is 1.32 bits per heavy atom. The number of thiophene rings is 1. The van der Waals surface area contributed by atoms with Gasteiger partial charge in [0.05, 0.1) is 32.3 Å². The van der Waals surface area contributed by atoms with Gasteiger partial charge >= 0.3 is 5.97 Å². The molecule has 130 valence electrons. The first-order valence-corrected chi connectivity index (χ1v) is 8.81. The van der Waals surface area contributed by atoms with E-state index in [1.54, 1.807) is 6.26 Å². The Morgan fingerprint density at radius 2 is 2.16 bits per heavy atom. The molecule has 1 N–H and O–H groups in total. The van der Waals surface area contributed by atoms with Crippen LogP contribution in [0.25, 0.3) is 11.0 Å². The number of hydrogen-bond acceptors (Lipinski definition) is 5. The smallest absolute Gasteiger partial charge is 0.307 e. The van der Waals surface area contributed by atoms with Crippen molar-refractivity contribution in [3.05, 3.63) is 58.0 Å². The molecule has 0 spiro atoms. The van der Waals surface area contributed by atoms with Crippen molar-refractivity contribution in [3.8, 4) is 0 Å². The summed E-state index contributed by atoms with van der Waals surface area (Å²) >= 11 is 1.50. The number of carbonyl (C=O) groups is 2. The molecule has 0 aliphatic heterocycles. The lowest BCUT2D eigenvalue weighted by atomic mass is 10.1. The molecule has 6 heteroatoms. The summed E-state index contributed by atoms with van der Waals surface area (Å²) in [5.41, 5.74) is 2.70. The molecule has 0 saturated heterocycles. The van der Waals surface area contributed by atoms with Gasteiger partial charge in [-0.2, -0.15) is 0 Å². The quantitative estimate of drug-likeness (QED) is 0.682. The molecule has 25 heavy (non-hydrogen) atoms. The van der Waals surface area contributed by atoms with Crippen LogP contribution in [0.15, 0.2) is 46.4 Å². The summed E-state index contributed by atoms with van der Waals surface area (Å²) in [6.07, 6.45) is 1.91. The van der Waals surface area contributed by atoms with Gasteiger partial charge in [0.2, 0.25) is 5.91 Å². The van der Waals surface area contributed by atoms with Gasteiger partial charge in [0.1, 0.15) is 5.58 Å². The van der Waals surface area contributed by atoms with E-state index in [1.807, 2.05) is 42.6 Å². The number of hydrogen-bond donors (Lipinski definition) is 1. The molecule has 1 unspecified atom stereocenters. The second-order valence-electron chi connectivity index (χ2n) is 5.85. The van der Waals surface area contributed by atoms with Crippen molar-refractivity contribution in [1.82, 2.24) is 5.32 Å². The summed E-state index contributed by atoms with van der Waals surface area (Å²) in [6, 6.07) is 9.30. The third-order valence-corrected chi connectivity index (χ3v) is 4.97. The fourth-order valence-electron chi connectivity index (χ4n) is 2.71. The topological polar surface area (TPSA) is 68.5 Å². The van der Waals surface area contributed by atoms with E-state index in [0.717, 1.165) is 27.0 Å². The van der Waals surface area contributed by atoms with Crippen molar-refractivity contribution < 1.29 is 18.7 Å². The number of aryl methyl sites for hydroxylation is 1. The molecule has 1 aromatic carbocycles. The molecule has 1 atom stereocenters. The van der Waals surface area contributed by atoms with Gasteiger partial charge in [0.25, 0.3) is 0 Å². The monoisotopic (exact) mass is 357 g/mol. The van der Waals surface area contributed by atoms with Crippen molar-refractivity contribution in [2.45, 2.75) is 25.8 Å². The van der Waals surface area contributed by atoms with Gasteiger partial charge in [0, 0.05) is 15.8 Å². The zero-order valence-electron chi connectivity index (χ0n) is 14.1. The van der Waals surface area contributed by atoms with Crippen LogP contribution in [0.4, 0.5) is 0 Å². The average molecular weight is 357 g/mol. The molecule has 0 bridgehead atoms. The lowest BCUT2D eigenvalue weighted by Crippen LogP contribution is -2.31. The van der Waals surface area contributed by atoms with Gasteiger partial charge < -0.3 is 14.5 Å². The maximum atomic E-state index is 12.5. The Morgan fingerprint density at radius 3 is 2.88 bits per heavy atom. The zero-order valence-corrected chi connectivity index (χ0v) is 14.9. The Balaban J connectivity index is 1.73. The SMILES string of the molecule is COC(=O)CC(NC(=O)Cc1coc2cc(C)ccc12)c1cccs1. The lowest BCUT2D eigenvalue weighted by molar-refractivity contribution is -0.141. The van der Waals surface area contributed by atoms with Crippen molar-refractivity contribution in [3.63, 3.8) is 0 Å². The molecule has 0 radical (unpaired) electrons. The summed E-state index contributed by atoms with van der Waals surface area (Å²) in [5.74, 6) is -0.520. The summed E-state index contributed by atoms with van der Waals surface area (Å²) in [5, 5.41) is 5.77. The van der Waals surface area contributed by atoms with Crippen LogP contribution in [0.3, 0.4) is 0 Å². The second-order valence-corrected chi connectivity index (χ2v) is 6.83. The Hall–Kier alpha value is -2.60. The molecule has 1 amide bonds. The lowest BCUT2D eigenvalue weighted by Gasteiger charge is -2.16. The number of amides is 1. The summed E-state index contributed by atoms with van der Waals surface area (Å²) < 4.78 is 10.3. The van der Waals surface area contributed by atoms with E-state index in [1.165, 1.54) is 18.4 Å². The number of furan rings is 1. The maximum Gasteiger partial charge on any atom is 0.307 e. The molecule has 3 rings (SSSR count). The van der Waals surface area contributed by atoms with Gasteiger partial charge in [0.15, 0.2) is 0 Å². The number of benzene rings is 1. The van der Waals surface area contributed by atoms with Crippen molar-refractivity contribution in [2.24, 2.45) is 0 Å². The van der Waals surface area contributed by atoms with Crippen LogP contribution in [0.2, 0.25) is 0 Å². The van der Waals surface area contributed by atoms with Crippen LogP contribution in [0.1, 0.15) is 28.5 Å². The van der Waals surface area contributed by atoms with Crippen molar-refractivity contribution in [1.29, 1.82) is 0 Å². The number of methoxy groups -OCH3 is 1. The molecule has 0 saturated carbocycles. The van der Waals surface area contributed by atoms with E-state index in [2.05, 4.69) is 5.32 Å². The average Bonchev–Trinajstić information content (AvgIpc) is 3.24. The minimum absolute atomic E-state index is 0.105. The highest BCUT2D eigenvalue weighted by atomic mass is 32.1. The van der Waals surface area contributed by atoms with E-state index in [4.69, 9.17) is 9.15 Å². The van der Waals surface area contributed by atoms with Gasteiger partial charge in [-0.25, -0.2) is 0 Å². The first-order valence-electron chi connectivity index (χ1n) is 7.93. The zero-order chi connectivity index (χ0) is 17.8. The molecule has 0 aliphatic carbocycles. The molecular formula is C19H19NO4S. The number of esters is 1. The highest BCUT2D eigenvalue weighted by molar-refractivity contribution is 7.10. The number of ether oxygens (including phenoxy) is 1. The predicted molar refractivity (Wildman–Crippen MR) is 96.5 cm³/mol. The number of rotatable bonds is 6. The Bertz CT molecular complexity index is 882. The van der Waals surface area contributed by atoms with E-state index in [9.17, 15) is 9.59 Å².